The summed E-state index contributed by atoms with van der Waals surface area (Å²) in [4.78, 5) is 0. The van der Waals surface area contributed by atoms with E-state index in [0.717, 1.165) is 0 Å². The highest BCUT2D eigenvalue weighted by atomic mass is 35.5. The largest absolute Gasteiger partial charge is 0.412 e. The maximum absolute atomic E-state index is 6.50. The molecule has 0 aliphatic carbocycles. The third kappa shape index (κ3) is 94.0. The van der Waals surface area contributed by atoms with Crippen LogP contribution >= 0.6 is 12.4 Å². The van der Waals surface area contributed by atoms with Crippen LogP contribution in [0.4, 0.5) is 4.70 Å². The third-order valence-corrected chi connectivity index (χ3v) is 0. The molecule has 0 amide bonds. The van der Waals surface area contributed by atoms with Crippen LogP contribution in [0.2, 0.25) is 0 Å². The fourth-order valence-corrected chi connectivity index (χ4v) is 0. The monoisotopic (exact) mass is 101 g/mol. The number of rotatable bonds is 0. The average molecular weight is 102 g/mol. The topological polar surface area (TPSA) is 55.3 Å². The molecule has 0 bridgehead atoms. The van der Waals surface area contributed by atoms with E-state index in [1.165, 1.54) is 0 Å². The molecule has 0 fully saturated rings. The fraction of sp³-hybridized carbons (Fsp3) is 0. The minimum absolute atomic E-state index is 0. The lowest BCUT2D eigenvalue weighted by Crippen LogP contribution is -0.569. The fourth-order valence-electron chi connectivity index (χ4n) is 0. The molecule has 0 aliphatic rings. The Morgan fingerprint density at radius 1 is 1.20 bits per heavy atom. The zero-order valence-electron chi connectivity index (χ0n) is 2.34. The Hall–Kier alpha value is -0.330. The lowest BCUT2D eigenvalue weighted by Gasteiger charge is -0.668. The van der Waals surface area contributed by atoms with E-state index < -0.39 is 0 Å². The number of hydrogen-bond acceptors (Lipinski definition) is 1. The molecule has 2 nitrogen and oxygen atoms in total. The Morgan fingerprint density at radius 3 is 1.20 bits per heavy atom. The van der Waals surface area contributed by atoms with Gasteiger partial charge in [0.15, 0.2) is 0 Å². The van der Waals surface area contributed by atoms with Gasteiger partial charge in [-0.3, -0.25) is 4.70 Å². The van der Waals surface area contributed by atoms with Gasteiger partial charge in [-0.25, -0.2) is 5.26 Å². The first-order chi connectivity index (χ1) is 1.00. The number of nitrogens with zero attached hydrogens (tertiary/aromatic N) is 1. The standard InChI is InChI=1S/CHN.ClH.FH.H2O/c1-2;;;/h1H;2*1H;1H2. The first-order valence-corrected chi connectivity index (χ1v) is 0.258. The lowest BCUT2D eigenvalue weighted by molar-refractivity contribution is 0.824. The lowest BCUT2D eigenvalue weighted by atomic mass is 11.9. The second-order valence-electron chi connectivity index (χ2n) is 0. The van der Waals surface area contributed by atoms with Crippen molar-refractivity contribution in [3.05, 3.63) is 0 Å². The quantitative estimate of drug-likeness (QED) is 0.420. The van der Waals surface area contributed by atoms with E-state index in [4.69, 9.17) is 5.26 Å². The molecular formula is CH5ClFNO. The van der Waals surface area contributed by atoms with Crippen molar-refractivity contribution in [1.82, 2.24) is 0 Å². The summed E-state index contributed by atoms with van der Waals surface area (Å²) in [5.41, 5.74) is 0. The van der Waals surface area contributed by atoms with Gasteiger partial charge in [-0.05, 0) is 0 Å². The molecule has 34 valence electrons. The van der Waals surface area contributed by atoms with Crippen molar-refractivity contribution < 1.29 is 10.2 Å². The minimum atomic E-state index is 0. The smallest absolute Gasteiger partial charge is 0.0462 e. The number of halogens is 2. The molecule has 5 heavy (non-hydrogen) atoms. The van der Waals surface area contributed by atoms with E-state index in [0.29, 0.717) is 0 Å². The molecular weight excluding hydrogens is 96.5 g/mol. The normalized spacial score (nSPS) is 0.400. The van der Waals surface area contributed by atoms with Crippen LogP contribution in [0.3, 0.4) is 0 Å². The summed E-state index contributed by atoms with van der Waals surface area (Å²) in [6.07, 6.45) is 0. The van der Waals surface area contributed by atoms with Crippen LogP contribution in [0.25, 0.3) is 0 Å². The molecule has 0 aromatic rings. The van der Waals surface area contributed by atoms with Crippen LogP contribution in [0.1, 0.15) is 0 Å². The van der Waals surface area contributed by atoms with Crippen molar-refractivity contribution in [2.75, 3.05) is 0 Å². The van der Waals surface area contributed by atoms with E-state index >= 15 is 0 Å². The van der Waals surface area contributed by atoms with Gasteiger partial charge in [0, 0.05) is 6.57 Å². The van der Waals surface area contributed by atoms with Crippen molar-refractivity contribution in [2.45, 2.75) is 0 Å². The molecule has 0 aliphatic heterocycles. The van der Waals surface area contributed by atoms with E-state index in [-0.39, 0.29) is 22.6 Å². The van der Waals surface area contributed by atoms with Crippen molar-refractivity contribution in [3.63, 3.8) is 0 Å². The molecule has 0 aromatic heterocycles. The minimum Gasteiger partial charge on any atom is -0.412 e. The third-order valence-electron chi connectivity index (χ3n) is 0. The molecule has 2 N–H and O–H groups in total. The Morgan fingerprint density at radius 2 is 1.20 bits per heavy atom. The van der Waals surface area contributed by atoms with E-state index in [1.54, 1.807) is 0 Å². The summed E-state index contributed by atoms with van der Waals surface area (Å²) >= 11 is 0. The Kier molecular flexibility index (Phi) is 6730. The van der Waals surface area contributed by atoms with Crippen LogP contribution in [-0.4, -0.2) is 5.48 Å². The SMILES string of the molecule is C#N.Cl.F.O. The number of hydrogen-bond donors (Lipinski definition) is 0. The molecule has 0 heterocycles. The maximum atomic E-state index is 6.50. The highest BCUT2D eigenvalue weighted by Gasteiger charge is 0.513. The average Bonchev–Trinajstić information content (AvgIpc) is 1.00. The molecule has 0 atom stereocenters. The molecule has 0 aromatic carbocycles. The van der Waals surface area contributed by atoms with Crippen molar-refractivity contribution in [1.29, 1.82) is 5.26 Å². The summed E-state index contributed by atoms with van der Waals surface area (Å²) in [5, 5.41) is 6.50. The summed E-state index contributed by atoms with van der Waals surface area (Å²) in [5.74, 6) is 0. The summed E-state index contributed by atoms with van der Waals surface area (Å²) in [7, 11) is 0. The van der Waals surface area contributed by atoms with Gasteiger partial charge >= 0.3 is 0 Å². The summed E-state index contributed by atoms with van der Waals surface area (Å²) in [6, 6.07) is 0. The highest BCUT2D eigenvalue weighted by Crippen LogP contribution is 0.690. The van der Waals surface area contributed by atoms with E-state index in [9.17, 15) is 0 Å². The predicted molar refractivity (Wildman–Crippen MR) is 20.0 cm³/mol. The molecule has 0 spiro atoms. The van der Waals surface area contributed by atoms with Gasteiger partial charge in [-0.15, -0.1) is 12.4 Å². The van der Waals surface area contributed by atoms with Gasteiger partial charge in [0.05, 0.1) is 0 Å². The van der Waals surface area contributed by atoms with Crippen LogP contribution in [0.5, 0.6) is 0 Å². The molecule has 0 unspecified atom stereocenters. The zero-order chi connectivity index (χ0) is 2.00. The van der Waals surface area contributed by atoms with Crippen LogP contribution in [0, 0.1) is 11.8 Å². The van der Waals surface area contributed by atoms with Crippen LogP contribution < -0.4 is 0 Å². The summed E-state index contributed by atoms with van der Waals surface area (Å²) < 4.78 is 0. The van der Waals surface area contributed by atoms with Gasteiger partial charge < -0.3 is 5.48 Å². The highest BCUT2D eigenvalue weighted by molar-refractivity contribution is 5.85. The molecule has 0 saturated heterocycles. The zero-order valence-corrected chi connectivity index (χ0v) is 3.16. The molecule has 0 radical (unpaired) electrons. The first-order valence-electron chi connectivity index (χ1n) is 0.258. The predicted octanol–water partition coefficient (Wildman–Crippen LogP) is -0.111. The summed E-state index contributed by atoms with van der Waals surface area (Å²) in [6.45, 7) is 3.50. The van der Waals surface area contributed by atoms with Crippen molar-refractivity contribution in [2.24, 2.45) is 0 Å². The van der Waals surface area contributed by atoms with Crippen molar-refractivity contribution >= 4 is 12.4 Å². The number of nitriles is 1. The van der Waals surface area contributed by atoms with Gasteiger partial charge in [-0.2, -0.15) is 0 Å². The van der Waals surface area contributed by atoms with Crippen LogP contribution in [-0.2, 0) is 0 Å². The second-order valence-corrected chi connectivity index (χ2v) is 0. The second kappa shape index (κ2) is 240. The Balaban J connectivity index is -0.00000000167. The molecule has 4 heteroatoms. The molecule has 0 rings (SSSR count). The molecule has 0 saturated carbocycles. The van der Waals surface area contributed by atoms with Gasteiger partial charge in [0.1, 0.15) is 0 Å². The van der Waals surface area contributed by atoms with E-state index in [1.807, 2.05) is 0 Å². The van der Waals surface area contributed by atoms with Gasteiger partial charge in [0.2, 0.25) is 0 Å². The Labute approximate surface area is 35.5 Å². The van der Waals surface area contributed by atoms with Crippen molar-refractivity contribution in [3.8, 4) is 6.57 Å². The maximum Gasteiger partial charge on any atom is 0.0462 e. The van der Waals surface area contributed by atoms with Gasteiger partial charge in [-0.1, -0.05) is 0 Å². The van der Waals surface area contributed by atoms with E-state index in [2.05, 4.69) is 6.57 Å². The van der Waals surface area contributed by atoms with Crippen LogP contribution in [0.15, 0.2) is 0 Å². The Bertz CT molecular complexity index is 16.4. The van der Waals surface area contributed by atoms with Gasteiger partial charge in [0.25, 0.3) is 0 Å². The first kappa shape index (κ1) is 140.